The second-order valence-electron chi connectivity index (χ2n) is 6.59. The van der Waals surface area contributed by atoms with E-state index in [-0.39, 0.29) is 11.8 Å². The Morgan fingerprint density at radius 3 is 2.61 bits per heavy atom. The van der Waals surface area contributed by atoms with E-state index in [2.05, 4.69) is 5.32 Å². The monoisotopic (exact) mass is 381 g/mol. The summed E-state index contributed by atoms with van der Waals surface area (Å²) < 4.78 is 32.9. The van der Waals surface area contributed by atoms with Gasteiger partial charge < -0.3 is 20.7 Å². The summed E-state index contributed by atoms with van der Waals surface area (Å²) in [5, 5.41) is 2.81. The number of carbonyl (C=O) groups excluding carboxylic acids is 1. The normalized spacial score (nSPS) is 13.1. The van der Waals surface area contributed by atoms with Gasteiger partial charge in [0.2, 0.25) is 0 Å². The van der Waals surface area contributed by atoms with E-state index >= 15 is 0 Å². The number of nitrogens with two attached hydrogens (primary N) is 1. The Hall–Kier alpha value is -3.61. The quantitative estimate of drug-likeness (QED) is 0.629. The number of nitrogens with one attached hydrogen (secondary N) is 1. The zero-order valence-electron chi connectivity index (χ0n) is 15.0. The lowest BCUT2D eigenvalue weighted by molar-refractivity contribution is 0.218. The number of anilines is 2. The molecule has 3 aromatic carbocycles. The summed E-state index contributed by atoms with van der Waals surface area (Å²) in [6.07, 6.45) is 0. The molecule has 28 heavy (non-hydrogen) atoms. The van der Waals surface area contributed by atoms with Gasteiger partial charge in [-0.2, -0.15) is 0 Å². The molecular weight excluding hydrogens is 364 g/mol. The van der Waals surface area contributed by atoms with Crippen LogP contribution in [0.15, 0.2) is 54.6 Å². The highest BCUT2D eigenvalue weighted by Gasteiger charge is 2.20. The Balaban J connectivity index is 1.75. The zero-order valence-corrected chi connectivity index (χ0v) is 15.0. The van der Waals surface area contributed by atoms with Crippen molar-refractivity contribution in [2.75, 3.05) is 18.1 Å². The number of nitrogens with zero attached hydrogens (tertiary/aromatic N) is 1. The van der Waals surface area contributed by atoms with Crippen molar-refractivity contribution in [3.05, 3.63) is 71.8 Å². The van der Waals surface area contributed by atoms with Crippen LogP contribution in [0, 0.1) is 11.6 Å². The van der Waals surface area contributed by atoms with Crippen molar-refractivity contribution >= 4 is 17.4 Å². The first-order chi connectivity index (χ1) is 13.4. The van der Waals surface area contributed by atoms with Crippen molar-refractivity contribution < 1.29 is 18.3 Å². The first-order valence-electron chi connectivity index (χ1n) is 8.58. The second-order valence-corrected chi connectivity index (χ2v) is 6.59. The molecule has 0 bridgehead atoms. The Morgan fingerprint density at radius 1 is 1.04 bits per heavy atom. The van der Waals surface area contributed by atoms with Gasteiger partial charge >= 0.3 is 6.03 Å². The van der Waals surface area contributed by atoms with E-state index < -0.39 is 11.6 Å². The Bertz CT molecular complexity index is 1090. The molecule has 0 aliphatic carbocycles. The van der Waals surface area contributed by atoms with Crippen molar-refractivity contribution in [2.24, 2.45) is 0 Å². The van der Waals surface area contributed by atoms with Gasteiger partial charge in [-0.1, -0.05) is 6.07 Å². The van der Waals surface area contributed by atoms with Crippen molar-refractivity contribution in [3.63, 3.8) is 0 Å². The molecule has 0 spiro atoms. The number of ether oxygens (including phenoxy) is 1. The SMILES string of the molecule is CN1Cc2cc(-c3cc(N)ccc3Oc3ccc(F)cc3F)ccc2NC1=O. The predicted octanol–water partition coefficient (Wildman–Crippen LogP) is 4.98. The molecule has 1 heterocycles. The van der Waals surface area contributed by atoms with E-state index in [1.807, 2.05) is 12.1 Å². The molecule has 0 aromatic heterocycles. The van der Waals surface area contributed by atoms with E-state index in [4.69, 9.17) is 10.5 Å². The molecule has 1 aliphatic heterocycles. The van der Waals surface area contributed by atoms with Crippen LogP contribution in [0.5, 0.6) is 11.5 Å². The molecule has 0 saturated carbocycles. The molecule has 5 nitrogen and oxygen atoms in total. The predicted molar refractivity (Wildman–Crippen MR) is 103 cm³/mol. The van der Waals surface area contributed by atoms with Gasteiger partial charge in [0.15, 0.2) is 11.6 Å². The smallest absolute Gasteiger partial charge is 0.321 e. The van der Waals surface area contributed by atoms with Gasteiger partial charge in [-0.3, -0.25) is 0 Å². The zero-order chi connectivity index (χ0) is 19.8. The van der Waals surface area contributed by atoms with Gasteiger partial charge in [0.1, 0.15) is 11.6 Å². The highest BCUT2D eigenvalue weighted by Crippen LogP contribution is 2.38. The molecule has 2 amide bonds. The van der Waals surface area contributed by atoms with Gasteiger partial charge in [0.25, 0.3) is 0 Å². The largest absolute Gasteiger partial charge is 0.454 e. The van der Waals surface area contributed by atoms with E-state index in [9.17, 15) is 13.6 Å². The second kappa shape index (κ2) is 6.84. The average molecular weight is 381 g/mol. The number of hydrogen-bond donors (Lipinski definition) is 2. The van der Waals surface area contributed by atoms with Gasteiger partial charge in [0.05, 0.1) is 0 Å². The fourth-order valence-electron chi connectivity index (χ4n) is 3.09. The summed E-state index contributed by atoms with van der Waals surface area (Å²) in [7, 11) is 1.71. The average Bonchev–Trinajstić information content (AvgIpc) is 2.66. The maximum absolute atomic E-state index is 14.0. The molecule has 0 unspecified atom stereocenters. The summed E-state index contributed by atoms with van der Waals surface area (Å²) >= 11 is 0. The van der Waals surface area contributed by atoms with Gasteiger partial charge in [-0.25, -0.2) is 13.6 Å². The number of fused-ring (bicyclic) bond motifs is 1. The van der Waals surface area contributed by atoms with Gasteiger partial charge in [-0.15, -0.1) is 0 Å². The van der Waals surface area contributed by atoms with Crippen molar-refractivity contribution in [1.29, 1.82) is 0 Å². The molecule has 1 aliphatic rings. The lowest BCUT2D eigenvalue weighted by Gasteiger charge is -2.26. The Morgan fingerprint density at radius 2 is 1.82 bits per heavy atom. The Labute approximate surface area is 160 Å². The molecular formula is C21H17F2N3O2. The molecule has 0 atom stereocenters. The number of benzene rings is 3. The van der Waals surface area contributed by atoms with Crippen LogP contribution in [0.3, 0.4) is 0 Å². The number of carbonyl (C=O) groups is 1. The van der Waals surface area contributed by atoms with Crippen LogP contribution in [0.1, 0.15) is 5.56 Å². The molecule has 0 radical (unpaired) electrons. The number of halogens is 2. The number of nitrogen functional groups attached to an aromatic ring is 1. The standard InChI is InChI=1S/C21H17F2N3O2/c1-26-11-13-8-12(2-5-18(13)25-21(26)27)16-10-15(24)4-7-19(16)28-20-6-3-14(22)9-17(20)23/h2-10H,11,24H2,1H3,(H,25,27). The first-order valence-corrected chi connectivity index (χ1v) is 8.58. The van der Waals surface area contributed by atoms with Gasteiger partial charge in [-0.05, 0) is 53.6 Å². The van der Waals surface area contributed by atoms with E-state index in [1.54, 1.807) is 36.2 Å². The van der Waals surface area contributed by atoms with Crippen molar-refractivity contribution in [2.45, 2.75) is 6.54 Å². The van der Waals surface area contributed by atoms with Crippen LogP contribution in [0.25, 0.3) is 11.1 Å². The number of amides is 2. The molecule has 142 valence electrons. The molecule has 0 fully saturated rings. The molecule has 7 heteroatoms. The van der Waals surface area contributed by atoms with Crippen LogP contribution in [0.4, 0.5) is 25.0 Å². The summed E-state index contributed by atoms with van der Waals surface area (Å²) in [5.41, 5.74) is 9.59. The summed E-state index contributed by atoms with van der Waals surface area (Å²) in [4.78, 5) is 13.4. The fraction of sp³-hybridized carbons (Fsp3) is 0.0952. The van der Waals surface area contributed by atoms with Crippen LogP contribution < -0.4 is 15.8 Å². The van der Waals surface area contributed by atoms with Crippen molar-refractivity contribution in [1.82, 2.24) is 4.90 Å². The van der Waals surface area contributed by atoms with Crippen molar-refractivity contribution in [3.8, 4) is 22.6 Å². The lowest BCUT2D eigenvalue weighted by Crippen LogP contribution is -2.35. The molecule has 3 aromatic rings. The minimum Gasteiger partial charge on any atom is -0.454 e. The first kappa shape index (κ1) is 17.8. The van der Waals surface area contributed by atoms with Crippen LogP contribution >= 0.6 is 0 Å². The van der Waals surface area contributed by atoms with E-state index in [0.29, 0.717) is 23.5 Å². The molecule has 0 saturated heterocycles. The molecule has 4 rings (SSSR count). The number of hydrogen-bond acceptors (Lipinski definition) is 3. The maximum Gasteiger partial charge on any atom is 0.321 e. The van der Waals surface area contributed by atoms with Gasteiger partial charge in [0, 0.05) is 36.6 Å². The number of urea groups is 1. The summed E-state index contributed by atoms with van der Waals surface area (Å²) in [6.45, 7) is 0.458. The Kier molecular flexibility index (Phi) is 4.35. The highest BCUT2D eigenvalue weighted by molar-refractivity contribution is 5.93. The summed E-state index contributed by atoms with van der Waals surface area (Å²) in [5.74, 6) is -1.17. The molecule has 3 N–H and O–H groups in total. The fourth-order valence-corrected chi connectivity index (χ4v) is 3.09. The summed E-state index contributed by atoms with van der Waals surface area (Å²) in [6, 6.07) is 13.5. The third-order valence-electron chi connectivity index (χ3n) is 4.53. The minimum absolute atomic E-state index is 0.0858. The van der Waals surface area contributed by atoms with Crippen LogP contribution in [-0.2, 0) is 6.54 Å². The topological polar surface area (TPSA) is 67.6 Å². The van der Waals surface area contributed by atoms with E-state index in [1.165, 1.54) is 6.07 Å². The van der Waals surface area contributed by atoms with E-state index in [0.717, 1.165) is 28.9 Å². The van der Waals surface area contributed by atoms with Crippen LogP contribution in [0.2, 0.25) is 0 Å². The number of rotatable bonds is 3. The highest BCUT2D eigenvalue weighted by atomic mass is 19.1. The maximum atomic E-state index is 14.0. The third kappa shape index (κ3) is 3.34. The minimum atomic E-state index is -0.794. The lowest BCUT2D eigenvalue weighted by atomic mass is 9.99. The third-order valence-corrected chi connectivity index (χ3v) is 4.53. The van der Waals surface area contributed by atoms with Crippen LogP contribution in [-0.4, -0.2) is 18.0 Å².